The molecule has 0 spiro atoms. The van der Waals surface area contributed by atoms with Crippen molar-refractivity contribution in [1.29, 1.82) is 0 Å². The van der Waals surface area contributed by atoms with Crippen LogP contribution in [0.4, 0.5) is 5.95 Å². The van der Waals surface area contributed by atoms with E-state index in [2.05, 4.69) is 20.3 Å². The fourth-order valence-electron chi connectivity index (χ4n) is 2.97. The number of hydrogen-bond acceptors (Lipinski definition) is 5. The van der Waals surface area contributed by atoms with E-state index in [-0.39, 0.29) is 16.6 Å². The van der Waals surface area contributed by atoms with Crippen LogP contribution in [-0.2, 0) is 7.05 Å². The largest absolute Gasteiger partial charge is 0.341 e. The van der Waals surface area contributed by atoms with Crippen molar-refractivity contribution < 1.29 is 4.79 Å². The number of aromatic nitrogens is 4. The Morgan fingerprint density at radius 3 is 2.54 bits per heavy atom. The van der Waals surface area contributed by atoms with Crippen LogP contribution in [0.15, 0.2) is 48.9 Å². The number of anilines is 1. The molecule has 3 rings (SSSR count). The number of imidazole rings is 1. The van der Waals surface area contributed by atoms with E-state index in [0.717, 1.165) is 18.7 Å². The van der Waals surface area contributed by atoms with Crippen molar-refractivity contribution in [2.45, 2.75) is 19.9 Å². The molecule has 146 valence electrons. The molecule has 1 aromatic carbocycles. The highest BCUT2D eigenvalue weighted by Gasteiger charge is 2.24. The Balaban J connectivity index is 1.95. The number of hydrogen-bond donors (Lipinski definition) is 1. The van der Waals surface area contributed by atoms with Crippen LogP contribution in [-0.4, -0.2) is 38.5 Å². The van der Waals surface area contributed by atoms with Gasteiger partial charge in [0, 0.05) is 32.5 Å². The highest BCUT2D eigenvalue weighted by Crippen LogP contribution is 2.22. The minimum Gasteiger partial charge on any atom is -0.341 e. The van der Waals surface area contributed by atoms with Gasteiger partial charge in [-0.05, 0) is 19.4 Å². The fourth-order valence-corrected chi connectivity index (χ4v) is 3.15. The molecule has 2 aromatic heterocycles. The zero-order valence-electron chi connectivity index (χ0n) is 16.1. The van der Waals surface area contributed by atoms with Gasteiger partial charge < -0.3 is 14.8 Å². The lowest BCUT2D eigenvalue weighted by Gasteiger charge is -2.21. The van der Waals surface area contributed by atoms with E-state index >= 15 is 0 Å². The number of carbonyl (C=O) groups excluding carboxylic acids is 1. The van der Waals surface area contributed by atoms with Crippen molar-refractivity contribution in [2.24, 2.45) is 7.05 Å². The van der Waals surface area contributed by atoms with E-state index in [1.165, 1.54) is 6.20 Å². The van der Waals surface area contributed by atoms with Gasteiger partial charge in [0.1, 0.15) is 11.9 Å². The molecule has 2 heterocycles. The number of carbonyl (C=O) groups is 1. The van der Waals surface area contributed by atoms with E-state index in [1.807, 2.05) is 66.9 Å². The number of benzene rings is 1. The minimum absolute atomic E-state index is 0.147. The lowest BCUT2D eigenvalue weighted by atomic mass is 10.1. The Kier molecular flexibility index (Phi) is 6.26. The molecule has 0 bridgehead atoms. The summed E-state index contributed by atoms with van der Waals surface area (Å²) >= 11 is 6.24. The molecule has 0 saturated carbocycles. The summed E-state index contributed by atoms with van der Waals surface area (Å²) in [7, 11) is 1.89. The van der Waals surface area contributed by atoms with Gasteiger partial charge in [0.2, 0.25) is 5.95 Å². The molecule has 1 unspecified atom stereocenters. The second kappa shape index (κ2) is 8.84. The molecule has 0 aliphatic heterocycles. The first kappa shape index (κ1) is 19.8. The normalized spacial score (nSPS) is 11.9. The predicted molar refractivity (Wildman–Crippen MR) is 110 cm³/mol. The fraction of sp³-hybridized carbons (Fsp3) is 0.300. The van der Waals surface area contributed by atoms with E-state index in [4.69, 9.17) is 11.6 Å². The number of amides is 1. The predicted octanol–water partition coefficient (Wildman–Crippen LogP) is 3.23. The third-order valence-electron chi connectivity index (χ3n) is 4.52. The SMILES string of the molecule is CCN(CC)c1ncc(Cl)c(C(=O)NC(c2ccccc2)c2nccn2C)n1. The van der Waals surface area contributed by atoms with Crippen LogP contribution >= 0.6 is 11.6 Å². The minimum atomic E-state index is -0.434. The number of nitrogens with one attached hydrogen (secondary N) is 1. The van der Waals surface area contributed by atoms with Gasteiger partial charge in [-0.1, -0.05) is 41.9 Å². The van der Waals surface area contributed by atoms with Crippen molar-refractivity contribution in [3.8, 4) is 0 Å². The third-order valence-corrected chi connectivity index (χ3v) is 4.79. The first-order valence-electron chi connectivity index (χ1n) is 9.15. The Morgan fingerprint density at radius 2 is 1.93 bits per heavy atom. The smallest absolute Gasteiger partial charge is 0.272 e. The summed E-state index contributed by atoms with van der Waals surface area (Å²) in [6.07, 6.45) is 5.01. The van der Waals surface area contributed by atoms with E-state index in [1.54, 1.807) is 6.20 Å². The molecule has 0 fully saturated rings. The molecule has 1 amide bonds. The lowest BCUT2D eigenvalue weighted by molar-refractivity contribution is 0.0936. The van der Waals surface area contributed by atoms with Gasteiger partial charge in [-0.15, -0.1) is 0 Å². The number of aryl methyl sites for hydroxylation is 1. The second-order valence-corrected chi connectivity index (χ2v) is 6.66. The topological polar surface area (TPSA) is 75.9 Å². The average Bonchev–Trinajstić information content (AvgIpc) is 3.14. The molecule has 0 aliphatic carbocycles. The van der Waals surface area contributed by atoms with Gasteiger partial charge in [0.25, 0.3) is 5.91 Å². The second-order valence-electron chi connectivity index (χ2n) is 6.25. The molecule has 0 aliphatic rings. The van der Waals surface area contributed by atoms with Crippen molar-refractivity contribution in [2.75, 3.05) is 18.0 Å². The van der Waals surface area contributed by atoms with Gasteiger partial charge in [0.15, 0.2) is 5.69 Å². The van der Waals surface area contributed by atoms with Crippen LogP contribution in [0.25, 0.3) is 0 Å². The number of halogens is 1. The van der Waals surface area contributed by atoms with Gasteiger partial charge in [-0.25, -0.2) is 15.0 Å². The molecule has 1 atom stereocenters. The van der Waals surface area contributed by atoms with Crippen molar-refractivity contribution >= 4 is 23.5 Å². The molecule has 0 radical (unpaired) electrons. The third kappa shape index (κ3) is 4.14. The van der Waals surface area contributed by atoms with Crippen LogP contribution in [0, 0.1) is 0 Å². The first-order chi connectivity index (χ1) is 13.5. The summed E-state index contributed by atoms with van der Waals surface area (Å²) in [6.45, 7) is 5.49. The Bertz CT molecular complexity index is 939. The molecular weight excluding hydrogens is 376 g/mol. The Morgan fingerprint density at radius 1 is 1.21 bits per heavy atom. The van der Waals surface area contributed by atoms with Gasteiger partial charge >= 0.3 is 0 Å². The van der Waals surface area contributed by atoms with Crippen molar-refractivity contribution in [1.82, 2.24) is 24.8 Å². The average molecular weight is 399 g/mol. The van der Waals surface area contributed by atoms with Gasteiger partial charge in [0.05, 0.1) is 11.2 Å². The maximum Gasteiger partial charge on any atom is 0.272 e. The summed E-state index contributed by atoms with van der Waals surface area (Å²) in [6, 6.07) is 9.24. The first-order valence-corrected chi connectivity index (χ1v) is 9.53. The van der Waals surface area contributed by atoms with Crippen LogP contribution in [0.3, 0.4) is 0 Å². The number of nitrogens with zero attached hydrogens (tertiary/aromatic N) is 5. The standard InChI is InChI=1S/C20H23ClN6O/c1-4-27(5-2)20-23-13-15(21)17(25-20)19(28)24-16(14-9-7-6-8-10-14)18-22-11-12-26(18)3/h6-13,16H,4-5H2,1-3H3,(H,24,28). The summed E-state index contributed by atoms with van der Waals surface area (Å²) in [5, 5.41) is 3.23. The van der Waals surface area contributed by atoms with E-state index in [9.17, 15) is 4.79 Å². The summed E-state index contributed by atoms with van der Waals surface area (Å²) in [5.41, 5.74) is 1.06. The molecule has 3 aromatic rings. The van der Waals surface area contributed by atoms with E-state index in [0.29, 0.717) is 11.8 Å². The van der Waals surface area contributed by atoms with Gasteiger partial charge in [-0.3, -0.25) is 4.79 Å². The highest BCUT2D eigenvalue weighted by molar-refractivity contribution is 6.33. The quantitative estimate of drug-likeness (QED) is 0.661. The zero-order valence-corrected chi connectivity index (χ0v) is 16.9. The van der Waals surface area contributed by atoms with Crippen LogP contribution in [0.2, 0.25) is 5.02 Å². The monoisotopic (exact) mass is 398 g/mol. The van der Waals surface area contributed by atoms with Crippen LogP contribution in [0.5, 0.6) is 0 Å². The summed E-state index contributed by atoms with van der Waals surface area (Å²) in [4.78, 5) is 28.1. The van der Waals surface area contributed by atoms with Crippen molar-refractivity contribution in [3.05, 3.63) is 71.0 Å². The Labute approximate surface area is 169 Å². The highest BCUT2D eigenvalue weighted by atomic mass is 35.5. The van der Waals surface area contributed by atoms with Crippen molar-refractivity contribution in [3.63, 3.8) is 0 Å². The number of rotatable bonds is 7. The summed E-state index contributed by atoms with van der Waals surface area (Å²) in [5.74, 6) is 0.819. The summed E-state index contributed by atoms with van der Waals surface area (Å²) < 4.78 is 1.88. The lowest BCUT2D eigenvalue weighted by Crippen LogP contribution is -2.33. The zero-order chi connectivity index (χ0) is 20.1. The molecule has 7 nitrogen and oxygen atoms in total. The van der Waals surface area contributed by atoms with Crippen LogP contribution in [0.1, 0.15) is 41.8 Å². The molecule has 8 heteroatoms. The van der Waals surface area contributed by atoms with Crippen LogP contribution < -0.4 is 10.2 Å². The maximum atomic E-state index is 13.1. The Hall–Kier alpha value is -2.93. The van der Waals surface area contributed by atoms with Gasteiger partial charge in [-0.2, -0.15) is 0 Å². The maximum absolute atomic E-state index is 13.1. The molecule has 28 heavy (non-hydrogen) atoms. The van der Waals surface area contributed by atoms with E-state index < -0.39 is 6.04 Å². The molecular formula is C20H23ClN6O. The molecule has 0 saturated heterocycles. The molecule has 1 N–H and O–H groups in total.